The van der Waals surface area contributed by atoms with Crippen LogP contribution < -0.4 is 11.1 Å². The highest BCUT2D eigenvalue weighted by atomic mass is 16.4. The lowest BCUT2D eigenvalue weighted by Gasteiger charge is -2.31. The van der Waals surface area contributed by atoms with Gasteiger partial charge < -0.3 is 16.3 Å². The highest BCUT2D eigenvalue weighted by Gasteiger charge is 2.34. The summed E-state index contributed by atoms with van der Waals surface area (Å²) in [5, 5.41) is 14.4. The van der Waals surface area contributed by atoms with Gasteiger partial charge in [-0.15, -0.1) is 0 Å². The number of hydrogen-bond donors (Lipinski definition) is 3. The normalized spacial score (nSPS) is 18.4. The fourth-order valence-electron chi connectivity index (χ4n) is 2.22. The Morgan fingerprint density at radius 3 is 2.84 bits per heavy atom. The van der Waals surface area contributed by atoms with Crippen LogP contribution in [0, 0.1) is 5.41 Å². The van der Waals surface area contributed by atoms with Crippen LogP contribution in [0.25, 0.3) is 0 Å². The van der Waals surface area contributed by atoms with Crippen LogP contribution >= 0.6 is 0 Å². The van der Waals surface area contributed by atoms with Gasteiger partial charge >= 0.3 is 0 Å². The van der Waals surface area contributed by atoms with E-state index in [-0.39, 0.29) is 11.7 Å². The molecule has 0 saturated heterocycles. The van der Waals surface area contributed by atoms with E-state index in [1.807, 2.05) is 12.1 Å². The van der Waals surface area contributed by atoms with E-state index in [2.05, 4.69) is 22.6 Å². The monoisotopic (exact) mass is 261 g/mol. The molecule has 1 atom stereocenters. The summed E-state index contributed by atoms with van der Waals surface area (Å²) in [5.74, 6) is 0.0504. The zero-order valence-corrected chi connectivity index (χ0v) is 11.2. The summed E-state index contributed by atoms with van der Waals surface area (Å²) in [6.45, 7) is 3.84. The van der Waals surface area contributed by atoms with Crippen LogP contribution in [0.1, 0.15) is 30.9 Å². The second kappa shape index (κ2) is 4.91. The third-order valence-corrected chi connectivity index (χ3v) is 3.79. The van der Waals surface area contributed by atoms with Crippen molar-refractivity contribution in [2.45, 2.75) is 26.2 Å². The van der Waals surface area contributed by atoms with Gasteiger partial charge in [0, 0.05) is 12.5 Å². The second-order valence-corrected chi connectivity index (χ2v) is 5.42. The van der Waals surface area contributed by atoms with Gasteiger partial charge in [0.15, 0.2) is 5.84 Å². The van der Waals surface area contributed by atoms with Crippen molar-refractivity contribution < 1.29 is 10.0 Å². The molecule has 4 N–H and O–H groups in total. The van der Waals surface area contributed by atoms with Crippen molar-refractivity contribution in [2.75, 3.05) is 6.54 Å². The summed E-state index contributed by atoms with van der Waals surface area (Å²) in [7, 11) is 0. The fraction of sp³-hybridized carbons (Fsp3) is 0.429. The number of fused-ring (bicyclic) bond motifs is 1. The van der Waals surface area contributed by atoms with Crippen molar-refractivity contribution in [3.8, 4) is 0 Å². The molecule has 0 heterocycles. The van der Waals surface area contributed by atoms with Gasteiger partial charge in [-0.2, -0.15) is 0 Å². The third-order valence-electron chi connectivity index (χ3n) is 3.79. The van der Waals surface area contributed by atoms with Gasteiger partial charge in [0.25, 0.3) is 0 Å². The number of amides is 1. The van der Waals surface area contributed by atoms with Crippen molar-refractivity contribution in [2.24, 2.45) is 16.3 Å². The molecular formula is C14H19N3O2. The summed E-state index contributed by atoms with van der Waals surface area (Å²) in [4.78, 5) is 12.0. The number of nitrogens with one attached hydrogen (secondary N) is 1. The molecule has 0 spiro atoms. The molecule has 0 aliphatic heterocycles. The zero-order chi connectivity index (χ0) is 14.0. The van der Waals surface area contributed by atoms with E-state index in [9.17, 15) is 4.79 Å². The molecule has 0 aromatic heterocycles. The molecule has 102 valence electrons. The first kappa shape index (κ1) is 13.4. The molecule has 0 saturated carbocycles. The predicted molar refractivity (Wildman–Crippen MR) is 73.1 cm³/mol. The largest absolute Gasteiger partial charge is 0.409 e. The van der Waals surface area contributed by atoms with Gasteiger partial charge in [0.05, 0.1) is 0 Å². The van der Waals surface area contributed by atoms with Crippen LogP contribution in [0.2, 0.25) is 0 Å². The van der Waals surface area contributed by atoms with E-state index < -0.39 is 5.41 Å². The average Bonchev–Trinajstić information content (AvgIpc) is 2.38. The lowest BCUT2D eigenvalue weighted by molar-refractivity contribution is -0.126. The Kier molecular flexibility index (Phi) is 3.46. The van der Waals surface area contributed by atoms with E-state index in [4.69, 9.17) is 10.9 Å². The standard InChI is InChI=1S/C14H19N3O2/c1-14(2,12(15)17-19)13(18)16-8-10-7-9-5-3-4-6-11(9)10/h3-6,10,19H,7-8H2,1-2H3,(H2,15,17)(H,16,18). The molecule has 0 radical (unpaired) electrons. The van der Waals surface area contributed by atoms with Crippen molar-refractivity contribution in [3.63, 3.8) is 0 Å². The Morgan fingerprint density at radius 1 is 1.53 bits per heavy atom. The first-order chi connectivity index (χ1) is 8.96. The maximum atomic E-state index is 12.0. The number of amidine groups is 1. The van der Waals surface area contributed by atoms with E-state index in [0.29, 0.717) is 12.5 Å². The SMILES string of the molecule is CC(C)(C(=O)NCC1Cc2ccccc21)C(N)=NO. The van der Waals surface area contributed by atoms with Gasteiger partial charge in [0.1, 0.15) is 5.41 Å². The van der Waals surface area contributed by atoms with Crippen LogP contribution in [0.5, 0.6) is 0 Å². The Labute approximate surface area is 112 Å². The van der Waals surface area contributed by atoms with Crippen molar-refractivity contribution in [1.82, 2.24) is 5.32 Å². The number of carbonyl (C=O) groups excluding carboxylic acids is 1. The van der Waals surface area contributed by atoms with Crippen molar-refractivity contribution in [3.05, 3.63) is 35.4 Å². The topological polar surface area (TPSA) is 87.7 Å². The number of hydrogen-bond acceptors (Lipinski definition) is 3. The van der Waals surface area contributed by atoms with Crippen LogP contribution in [0.4, 0.5) is 0 Å². The van der Waals surface area contributed by atoms with Gasteiger partial charge in [0.2, 0.25) is 5.91 Å². The second-order valence-electron chi connectivity index (χ2n) is 5.42. The molecule has 1 aliphatic carbocycles. The van der Waals surface area contributed by atoms with Crippen LogP contribution in [-0.2, 0) is 11.2 Å². The molecule has 0 fully saturated rings. The van der Waals surface area contributed by atoms with Crippen molar-refractivity contribution in [1.29, 1.82) is 0 Å². The quantitative estimate of drug-likeness (QED) is 0.329. The number of rotatable bonds is 4. The number of nitrogens with zero attached hydrogens (tertiary/aromatic N) is 1. The molecule has 1 aromatic rings. The number of carbonyl (C=O) groups is 1. The predicted octanol–water partition coefficient (Wildman–Crippen LogP) is 1.22. The molecule has 0 bridgehead atoms. The minimum atomic E-state index is -1.00. The number of nitrogens with two attached hydrogens (primary N) is 1. The van der Waals surface area contributed by atoms with Gasteiger partial charge in [-0.1, -0.05) is 29.4 Å². The average molecular weight is 261 g/mol. The van der Waals surface area contributed by atoms with Gasteiger partial charge in [-0.3, -0.25) is 4.79 Å². The Morgan fingerprint density at radius 2 is 2.21 bits per heavy atom. The molecule has 1 unspecified atom stereocenters. The van der Waals surface area contributed by atoms with Crippen LogP contribution in [-0.4, -0.2) is 23.5 Å². The van der Waals surface area contributed by atoms with E-state index in [0.717, 1.165) is 6.42 Å². The van der Waals surface area contributed by atoms with Crippen molar-refractivity contribution >= 4 is 11.7 Å². The molecule has 2 rings (SSSR count). The van der Waals surface area contributed by atoms with Crippen LogP contribution in [0.3, 0.4) is 0 Å². The van der Waals surface area contributed by atoms with Crippen LogP contribution in [0.15, 0.2) is 29.4 Å². The summed E-state index contributed by atoms with van der Waals surface area (Å²) in [6, 6.07) is 8.22. The molecule has 1 aliphatic rings. The maximum absolute atomic E-state index is 12.0. The third kappa shape index (κ3) is 2.41. The summed E-state index contributed by atoms with van der Waals surface area (Å²) in [6.07, 6.45) is 0.987. The number of oxime groups is 1. The maximum Gasteiger partial charge on any atom is 0.233 e. The van der Waals surface area contributed by atoms with Gasteiger partial charge in [-0.05, 0) is 31.4 Å². The minimum absolute atomic E-state index is 0.0843. The number of benzene rings is 1. The molecule has 5 nitrogen and oxygen atoms in total. The summed E-state index contributed by atoms with van der Waals surface area (Å²) < 4.78 is 0. The first-order valence-corrected chi connectivity index (χ1v) is 6.31. The fourth-order valence-corrected chi connectivity index (χ4v) is 2.22. The Bertz CT molecular complexity index is 523. The Balaban J connectivity index is 1.93. The summed E-state index contributed by atoms with van der Waals surface area (Å²) in [5.41, 5.74) is 7.16. The van der Waals surface area contributed by atoms with E-state index in [1.54, 1.807) is 13.8 Å². The Hall–Kier alpha value is -2.04. The lowest BCUT2D eigenvalue weighted by atomic mass is 9.77. The van der Waals surface area contributed by atoms with Gasteiger partial charge in [-0.25, -0.2) is 0 Å². The lowest BCUT2D eigenvalue weighted by Crippen LogP contribution is -2.47. The zero-order valence-electron chi connectivity index (χ0n) is 11.2. The highest BCUT2D eigenvalue weighted by molar-refractivity contribution is 6.05. The molecular weight excluding hydrogens is 242 g/mol. The highest BCUT2D eigenvalue weighted by Crippen LogP contribution is 2.34. The summed E-state index contributed by atoms with van der Waals surface area (Å²) >= 11 is 0. The molecule has 1 aromatic carbocycles. The minimum Gasteiger partial charge on any atom is -0.409 e. The van der Waals surface area contributed by atoms with E-state index >= 15 is 0 Å². The smallest absolute Gasteiger partial charge is 0.233 e. The van der Waals surface area contributed by atoms with E-state index in [1.165, 1.54) is 11.1 Å². The molecule has 19 heavy (non-hydrogen) atoms. The molecule has 1 amide bonds. The molecule has 5 heteroatoms. The first-order valence-electron chi connectivity index (χ1n) is 6.31.